The van der Waals surface area contributed by atoms with Gasteiger partial charge in [-0.3, -0.25) is 4.79 Å². The molecule has 0 N–H and O–H groups in total. The van der Waals surface area contributed by atoms with Crippen LogP contribution in [-0.2, 0) is 4.79 Å². The number of carbonyl (C=O) groups is 1. The molecule has 0 aromatic heterocycles. The van der Waals surface area contributed by atoms with Gasteiger partial charge in [0.25, 0.3) is 0 Å². The molecule has 0 spiro atoms. The number of carbonyl (C=O) groups excluding carboxylic acids is 1. The summed E-state index contributed by atoms with van der Waals surface area (Å²) in [6.45, 7) is 7.75. The normalized spacial score (nSPS) is 22.3. The van der Waals surface area contributed by atoms with Crippen LogP contribution in [0.25, 0.3) is 0 Å². The first kappa shape index (κ1) is 13.6. The fraction of sp³-hybridized carbons (Fsp3) is 0.500. The van der Waals surface area contributed by atoms with Gasteiger partial charge in [0.1, 0.15) is 0 Å². The number of rotatable bonds is 5. The molecule has 0 fully saturated rings. The van der Waals surface area contributed by atoms with Crippen LogP contribution in [0.2, 0.25) is 0 Å². The molecule has 0 aromatic rings. The number of hydrogen-bond acceptors (Lipinski definition) is 5. The molecule has 0 radical (unpaired) electrons. The van der Waals surface area contributed by atoms with E-state index in [4.69, 9.17) is 0 Å². The molecule has 1 heterocycles. The van der Waals surface area contributed by atoms with Crippen LogP contribution in [0, 0.1) is 0 Å². The third-order valence-electron chi connectivity index (χ3n) is 1.58. The third-order valence-corrected chi connectivity index (χ3v) is 6.83. The third kappa shape index (κ3) is 5.43. The lowest BCUT2D eigenvalue weighted by molar-refractivity contribution is -0.107. The maximum Gasteiger partial charge on any atom is 0.211 e. The average Bonchev–Trinajstić information content (AvgIpc) is 2.61. The van der Waals surface area contributed by atoms with E-state index in [1.165, 1.54) is 22.1 Å². The minimum absolute atomic E-state index is 0.0684. The van der Waals surface area contributed by atoms with Crippen LogP contribution in [-0.4, -0.2) is 20.7 Å². The van der Waals surface area contributed by atoms with Crippen LogP contribution in [0.1, 0.15) is 13.8 Å². The lowest BCUT2D eigenvalue weighted by atomic mass is 10.6. The molecule has 0 aromatic carbocycles. The Morgan fingerprint density at radius 3 is 3.07 bits per heavy atom. The van der Waals surface area contributed by atoms with Crippen molar-refractivity contribution in [2.75, 3.05) is 5.75 Å². The fourth-order valence-corrected chi connectivity index (χ4v) is 5.54. The highest BCUT2D eigenvalue weighted by atomic mass is 32.2. The Bertz CT molecular complexity index is 275. The lowest BCUT2D eigenvalue weighted by Crippen LogP contribution is -2.03. The van der Waals surface area contributed by atoms with Gasteiger partial charge < -0.3 is 0 Å². The van der Waals surface area contributed by atoms with E-state index in [0.717, 1.165) is 5.75 Å². The maximum absolute atomic E-state index is 11.1. The summed E-state index contributed by atoms with van der Waals surface area (Å²) in [6.07, 6.45) is 1.38. The van der Waals surface area contributed by atoms with Crippen molar-refractivity contribution in [3.63, 3.8) is 0 Å². The van der Waals surface area contributed by atoms with E-state index < -0.39 is 0 Å². The first-order valence-electron chi connectivity index (χ1n) is 4.60. The molecule has 2 atom stereocenters. The first-order valence-corrected chi connectivity index (χ1v) is 8.28. The molecule has 1 rings (SSSR count). The quantitative estimate of drug-likeness (QED) is 0.700. The minimum Gasteiger partial charge on any atom is -0.282 e. The summed E-state index contributed by atoms with van der Waals surface area (Å²) < 4.78 is 2.02. The maximum atomic E-state index is 11.1. The molecule has 0 saturated heterocycles. The van der Waals surface area contributed by atoms with Gasteiger partial charge in [0, 0.05) is 15.2 Å². The molecule has 5 heteroatoms. The molecule has 0 aliphatic carbocycles. The van der Waals surface area contributed by atoms with Crippen LogP contribution in [0.15, 0.2) is 22.3 Å². The van der Waals surface area contributed by atoms with Crippen LogP contribution in [0.3, 0.4) is 0 Å². The Balaban J connectivity index is 2.19. The largest absolute Gasteiger partial charge is 0.282 e. The Labute approximate surface area is 108 Å². The van der Waals surface area contributed by atoms with Gasteiger partial charge in [0.05, 0.1) is 4.58 Å². The second-order valence-electron chi connectivity index (χ2n) is 3.02. The zero-order chi connectivity index (χ0) is 11.3. The summed E-state index contributed by atoms with van der Waals surface area (Å²) in [5, 5.41) is 2.63. The smallest absolute Gasteiger partial charge is 0.211 e. The van der Waals surface area contributed by atoms with E-state index in [1.807, 2.05) is 35.3 Å². The van der Waals surface area contributed by atoms with Gasteiger partial charge in [-0.25, -0.2) is 0 Å². The lowest BCUT2D eigenvalue weighted by Gasteiger charge is -2.08. The fourth-order valence-electron chi connectivity index (χ4n) is 0.918. The summed E-state index contributed by atoms with van der Waals surface area (Å²) in [4.78, 5) is 11.1. The van der Waals surface area contributed by atoms with Crippen LogP contribution < -0.4 is 0 Å². The molecule has 0 saturated carbocycles. The molecule has 84 valence electrons. The zero-order valence-corrected chi connectivity index (χ0v) is 12.0. The van der Waals surface area contributed by atoms with Crippen LogP contribution >= 0.6 is 47.0 Å². The van der Waals surface area contributed by atoms with Crippen molar-refractivity contribution < 1.29 is 4.79 Å². The van der Waals surface area contributed by atoms with Gasteiger partial charge in [-0.15, -0.1) is 35.3 Å². The molecular formula is C10H14OS4. The SMILES string of the molecule is C=CC(=O)SC(C)CSC1=CSC(C)S1. The molecular weight excluding hydrogens is 264 g/mol. The minimum atomic E-state index is 0.0684. The van der Waals surface area contributed by atoms with Gasteiger partial charge in [0.2, 0.25) is 5.12 Å². The van der Waals surface area contributed by atoms with E-state index in [1.54, 1.807) is 0 Å². The summed E-state index contributed by atoms with van der Waals surface area (Å²) in [5.41, 5.74) is 0. The molecule has 0 bridgehead atoms. The topological polar surface area (TPSA) is 17.1 Å². The zero-order valence-electron chi connectivity index (χ0n) is 8.76. The van der Waals surface area contributed by atoms with E-state index >= 15 is 0 Å². The van der Waals surface area contributed by atoms with Crippen molar-refractivity contribution in [1.29, 1.82) is 0 Å². The Morgan fingerprint density at radius 1 is 1.80 bits per heavy atom. The van der Waals surface area contributed by atoms with E-state index in [2.05, 4.69) is 25.8 Å². The second kappa shape index (κ2) is 6.99. The summed E-state index contributed by atoms with van der Waals surface area (Å²) in [7, 11) is 0. The van der Waals surface area contributed by atoms with E-state index in [-0.39, 0.29) is 5.12 Å². The molecule has 1 nitrogen and oxygen atoms in total. The summed E-state index contributed by atoms with van der Waals surface area (Å²) in [6, 6.07) is 0. The van der Waals surface area contributed by atoms with Crippen LogP contribution in [0.4, 0.5) is 0 Å². The highest BCUT2D eigenvalue weighted by Gasteiger charge is 2.16. The summed E-state index contributed by atoms with van der Waals surface area (Å²) in [5.74, 6) is 0.982. The van der Waals surface area contributed by atoms with Crippen molar-refractivity contribution in [3.8, 4) is 0 Å². The van der Waals surface area contributed by atoms with Crippen LogP contribution in [0.5, 0.6) is 0 Å². The Hall–Kier alpha value is 0.550. The van der Waals surface area contributed by atoms with Gasteiger partial charge in [-0.2, -0.15) is 0 Å². The van der Waals surface area contributed by atoms with Gasteiger partial charge in [0.15, 0.2) is 0 Å². The van der Waals surface area contributed by atoms with Gasteiger partial charge >= 0.3 is 0 Å². The van der Waals surface area contributed by atoms with Crippen molar-refractivity contribution in [1.82, 2.24) is 0 Å². The monoisotopic (exact) mass is 278 g/mol. The molecule has 0 amide bonds. The van der Waals surface area contributed by atoms with E-state index in [9.17, 15) is 4.79 Å². The molecule has 1 aliphatic heterocycles. The van der Waals surface area contributed by atoms with Crippen molar-refractivity contribution in [3.05, 3.63) is 22.3 Å². The summed E-state index contributed by atoms with van der Waals surface area (Å²) >= 11 is 6.98. The standard InChI is InChI=1S/C10H14OS4/c1-4-9(11)14-7(2)5-13-10-6-12-8(3)15-10/h4,6-8H,1,5H2,2-3H3. The average molecular weight is 278 g/mol. The highest BCUT2D eigenvalue weighted by Crippen LogP contribution is 2.45. The molecule has 15 heavy (non-hydrogen) atoms. The molecule has 1 aliphatic rings. The van der Waals surface area contributed by atoms with Gasteiger partial charge in [-0.1, -0.05) is 25.3 Å². The Morgan fingerprint density at radius 2 is 2.53 bits per heavy atom. The highest BCUT2D eigenvalue weighted by molar-refractivity contribution is 8.31. The van der Waals surface area contributed by atoms with Crippen molar-refractivity contribution in [2.24, 2.45) is 0 Å². The predicted octanol–water partition coefficient (Wildman–Crippen LogP) is 4.18. The second-order valence-corrected chi connectivity index (χ2v) is 8.68. The van der Waals surface area contributed by atoms with E-state index in [0.29, 0.717) is 9.83 Å². The number of hydrogen-bond donors (Lipinski definition) is 0. The number of thioether (sulfide) groups is 4. The predicted molar refractivity (Wildman–Crippen MR) is 77.4 cm³/mol. The van der Waals surface area contributed by atoms with Gasteiger partial charge in [-0.05, 0) is 18.4 Å². The van der Waals surface area contributed by atoms with Crippen molar-refractivity contribution >= 4 is 52.2 Å². The Kier molecular flexibility index (Phi) is 6.34. The molecule has 2 unspecified atom stereocenters. The first-order chi connectivity index (χ1) is 7.11. The van der Waals surface area contributed by atoms with Crippen molar-refractivity contribution in [2.45, 2.75) is 23.7 Å².